The van der Waals surface area contributed by atoms with E-state index in [0.717, 1.165) is 26.1 Å². The Morgan fingerprint density at radius 3 is 2.69 bits per heavy atom. The maximum atomic E-state index is 14.0. The van der Waals surface area contributed by atoms with Crippen molar-refractivity contribution in [1.82, 2.24) is 24.4 Å². The van der Waals surface area contributed by atoms with Crippen LogP contribution in [0.4, 0.5) is 21.8 Å². The van der Waals surface area contributed by atoms with Gasteiger partial charge in [0.1, 0.15) is 12.1 Å². The van der Waals surface area contributed by atoms with E-state index in [4.69, 9.17) is 9.97 Å². The van der Waals surface area contributed by atoms with Crippen molar-refractivity contribution >= 4 is 38.5 Å². The molecule has 6 rings (SSSR count). The molecule has 2 aliphatic heterocycles. The monoisotopic (exact) mass is 505 g/mol. The maximum Gasteiger partial charge on any atom is 0.229 e. The lowest BCUT2D eigenvalue weighted by Crippen LogP contribution is -2.49. The van der Waals surface area contributed by atoms with Crippen LogP contribution in [0.2, 0.25) is 0 Å². The molecule has 1 saturated heterocycles. The molecule has 1 atom stereocenters. The molecule has 0 bridgehead atoms. The summed E-state index contributed by atoms with van der Waals surface area (Å²) in [5.41, 5.74) is 2.35. The summed E-state index contributed by atoms with van der Waals surface area (Å²) in [5, 5.41) is 3.28. The van der Waals surface area contributed by atoms with Crippen LogP contribution in [0.5, 0.6) is 0 Å². The van der Waals surface area contributed by atoms with Crippen molar-refractivity contribution in [3.63, 3.8) is 0 Å². The molecule has 1 unspecified atom stereocenters. The number of imidazole rings is 1. The molecule has 0 radical (unpaired) electrons. The zero-order valence-electron chi connectivity index (χ0n) is 19.5. The van der Waals surface area contributed by atoms with Gasteiger partial charge in [-0.1, -0.05) is 12.1 Å². The zero-order valence-corrected chi connectivity index (χ0v) is 20.4. The van der Waals surface area contributed by atoms with Crippen LogP contribution in [0.3, 0.4) is 0 Å². The smallest absolute Gasteiger partial charge is 0.229 e. The van der Waals surface area contributed by atoms with E-state index in [1.165, 1.54) is 18.4 Å². The van der Waals surface area contributed by atoms with Gasteiger partial charge >= 0.3 is 0 Å². The van der Waals surface area contributed by atoms with Crippen molar-refractivity contribution < 1.29 is 12.8 Å². The molecule has 0 aliphatic carbocycles. The maximum absolute atomic E-state index is 14.0. The van der Waals surface area contributed by atoms with Gasteiger partial charge in [0.2, 0.25) is 5.95 Å². The standard InChI is InChI=1S/C25H24FN7O2S/c1-36(34,35)21-9-7-18(8-10-21)28-23-22-24(33(16-27-22)19-5-2-4-17(26)14-19)30-25(29-23)32-13-12-31-11-3-6-20(31)15-32/h2-5,7-11,14,16,20H,6,12-13,15H2,1H3,(H,28,29,30). The summed E-state index contributed by atoms with van der Waals surface area (Å²) in [6.07, 6.45) is 8.10. The van der Waals surface area contributed by atoms with Crippen molar-refractivity contribution in [3.05, 3.63) is 73.0 Å². The summed E-state index contributed by atoms with van der Waals surface area (Å²) in [6.45, 7) is 2.43. The summed E-state index contributed by atoms with van der Waals surface area (Å²) in [6, 6.07) is 13.1. The highest BCUT2D eigenvalue weighted by Gasteiger charge is 2.29. The Hall–Kier alpha value is -3.99. The molecule has 1 N–H and O–H groups in total. The van der Waals surface area contributed by atoms with E-state index in [9.17, 15) is 12.8 Å². The number of anilines is 3. The van der Waals surface area contributed by atoms with Crippen molar-refractivity contribution in [1.29, 1.82) is 0 Å². The highest BCUT2D eigenvalue weighted by atomic mass is 32.2. The van der Waals surface area contributed by atoms with Crippen LogP contribution < -0.4 is 10.2 Å². The summed E-state index contributed by atoms with van der Waals surface area (Å²) in [7, 11) is -3.30. The fourth-order valence-electron chi connectivity index (χ4n) is 4.66. The molecule has 0 spiro atoms. The molecule has 4 aromatic rings. The Balaban J connectivity index is 1.43. The summed E-state index contributed by atoms with van der Waals surface area (Å²) >= 11 is 0. The van der Waals surface area contributed by atoms with Gasteiger partial charge in [-0.3, -0.25) is 4.57 Å². The first-order valence-corrected chi connectivity index (χ1v) is 13.5. The van der Waals surface area contributed by atoms with Crippen LogP contribution in [0.25, 0.3) is 16.9 Å². The molecule has 1 fully saturated rings. The second kappa shape index (κ2) is 8.59. The van der Waals surface area contributed by atoms with Crippen LogP contribution in [0, 0.1) is 5.82 Å². The van der Waals surface area contributed by atoms with Crippen molar-refractivity contribution in [2.24, 2.45) is 0 Å². The number of piperazine rings is 1. The van der Waals surface area contributed by atoms with Gasteiger partial charge in [0.25, 0.3) is 0 Å². The van der Waals surface area contributed by atoms with Crippen molar-refractivity contribution in [2.75, 3.05) is 36.1 Å². The predicted octanol–water partition coefficient (Wildman–Crippen LogP) is 3.51. The van der Waals surface area contributed by atoms with E-state index >= 15 is 0 Å². The lowest BCUT2D eigenvalue weighted by molar-refractivity contribution is 0.269. The molecule has 4 heterocycles. The molecular weight excluding hydrogens is 481 g/mol. The number of fused-ring (bicyclic) bond motifs is 2. The lowest BCUT2D eigenvalue weighted by Gasteiger charge is -2.38. The second-order valence-electron chi connectivity index (χ2n) is 9.02. The highest BCUT2D eigenvalue weighted by Crippen LogP contribution is 2.30. The van der Waals surface area contributed by atoms with Gasteiger partial charge in [0.05, 0.1) is 10.6 Å². The SMILES string of the molecule is CS(=O)(=O)c1ccc(Nc2nc(N3CCN4C=CCC4C3)nc3c2ncn3-c2cccc(F)c2)cc1. The third-order valence-corrected chi connectivity index (χ3v) is 7.66. The number of nitrogens with one attached hydrogen (secondary N) is 1. The van der Waals surface area contributed by atoms with Gasteiger partial charge in [-0.05, 0) is 55.1 Å². The Morgan fingerprint density at radius 1 is 1.08 bits per heavy atom. The Bertz CT molecular complexity index is 1580. The number of rotatable bonds is 5. The largest absolute Gasteiger partial charge is 0.371 e. The molecule has 2 aromatic heterocycles. The van der Waals surface area contributed by atoms with E-state index in [1.807, 2.05) is 0 Å². The van der Waals surface area contributed by atoms with Gasteiger partial charge < -0.3 is 15.1 Å². The van der Waals surface area contributed by atoms with Crippen LogP contribution in [-0.2, 0) is 9.84 Å². The molecule has 36 heavy (non-hydrogen) atoms. The number of nitrogens with zero attached hydrogens (tertiary/aromatic N) is 6. The first-order chi connectivity index (χ1) is 17.3. The molecule has 184 valence electrons. The molecule has 2 aromatic carbocycles. The number of benzene rings is 2. The fraction of sp³-hybridized carbons (Fsp3) is 0.240. The lowest BCUT2D eigenvalue weighted by atomic mass is 10.1. The van der Waals surface area contributed by atoms with Gasteiger partial charge in [-0.2, -0.15) is 9.97 Å². The number of aromatic nitrogens is 4. The normalized spacial score (nSPS) is 17.6. The number of hydrogen-bond donors (Lipinski definition) is 1. The Kier molecular flexibility index (Phi) is 5.36. The molecule has 0 amide bonds. The molecule has 9 nitrogen and oxygen atoms in total. The highest BCUT2D eigenvalue weighted by molar-refractivity contribution is 7.90. The molecular formula is C25H24FN7O2S. The van der Waals surface area contributed by atoms with E-state index in [0.29, 0.717) is 40.3 Å². The third kappa shape index (κ3) is 4.15. The van der Waals surface area contributed by atoms with E-state index in [-0.39, 0.29) is 10.7 Å². The van der Waals surface area contributed by atoms with Gasteiger partial charge in [-0.15, -0.1) is 0 Å². The minimum atomic E-state index is -3.30. The van der Waals surface area contributed by atoms with Crippen molar-refractivity contribution in [3.8, 4) is 5.69 Å². The average Bonchev–Trinajstić information content (AvgIpc) is 3.50. The summed E-state index contributed by atoms with van der Waals surface area (Å²) in [5.74, 6) is 0.699. The average molecular weight is 506 g/mol. The summed E-state index contributed by atoms with van der Waals surface area (Å²) < 4.78 is 39.4. The van der Waals surface area contributed by atoms with Crippen LogP contribution >= 0.6 is 0 Å². The topological polar surface area (TPSA) is 96.2 Å². The first kappa shape index (κ1) is 22.5. The molecule has 0 saturated carbocycles. The van der Waals surface area contributed by atoms with Gasteiger partial charge in [0.15, 0.2) is 26.8 Å². The van der Waals surface area contributed by atoms with Crippen LogP contribution in [0.1, 0.15) is 6.42 Å². The fourth-order valence-corrected chi connectivity index (χ4v) is 5.30. The van der Waals surface area contributed by atoms with E-state index < -0.39 is 9.84 Å². The van der Waals surface area contributed by atoms with E-state index in [2.05, 4.69) is 32.4 Å². The zero-order chi connectivity index (χ0) is 24.9. The first-order valence-electron chi connectivity index (χ1n) is 11.6. The number of halogens is 1. The second-order valence-corrected chi connectivity index (χ2v) is 11.0. The molecule has 2 aliphatic rings. The molecule has 11 heteroatoms. The van der Waals surface area contributed by atoms with Gasteiger partial charge in [-0.25, -0.2) is 17.8 Å². The Morgan fingerprint density at radius 2 is 1.92 bits per heavy atom. The Labute approximate surface area is 207 Å². The minimum Gasteiger partial charge on any atom is -0.371 e. The third-order valence-electron chi connectivity index (χ3n) is 6.53. The summed E-state index contributed by atoms with van der Waals surface area (Å²) in [4.78, 5) is 19.0. The quantitative estimate of drug-likeness (QED) is 0.440. The minimum absolute atomic E-state index is 0.236. The van der Waals surface area contributed by atoms with Crippen molar-refractivity contribution in [2.45, 2.75) is 17.4 Å². The van der Waals surface area contributed by atoms with Crippen LogP contribution in [0.15, 0.2) is 72.0 Å². The van der Waals surface area contributed by atoms with Gasteiger partial charge in [0, 0.05) is 37.6 Å². The van der Waals surface area contributed by atoms with E-state index in [1.54, 1.807) is 47.3 Å². The van der Waals surface area contributed by atoms with Crippen LogP contribution in [-0.4, -0.2) is 64.8 Å². The predicted molar refractivity (Wildman–Crippen MR) is 136 cm³/mol. The number of sulfone groups is 1. The number of hydrogen-bond acceptors (Lipinski definition) is 8.